The van der Waals surface area contributed by atoms with Crippen LogP contribution in [-0.4, -0.2) is 67.8 Å². The Morgan fingerprint density at radius 3 is 2.34 bits per heavy atom. The second-order valence-electron chi connectivity index (χ2n) is 8.11. The topological polar surface area (TPSA) is 97.6 Å². The van der Waals surface area contributed by atoms with E-state index in [0.717, 1.165) is 25.7 Å². The molecule has 2 aliphatic rings. The molecule has 2 fully saturated rings. The molecule has 32 heavy (non-hydrogen) atoms. The lowest BCUT2D eigenvalue weighted by Gasteiger charge is -2.35. The number of benzene rings is 1. The molecule has 1 aromatic heterocycles. The van der Waals surface area contributed by atoms with E-state index in [4.69, 9.17) is 0 Å². The summed E-state index contributed by atoms with van der Waals surface area (Å²) in [5.74, 6) is 0.451. The number of pyridine rings is 1. The van der Waals surface area contributed by atoms with Gasteiger partial charge in [-0.15, -0.1) is 0 Å². The molecule has 1 aromatic carbocycles. The molecule has 0 atom stereocenters. The lowest BCUT2D eigenvalue weighted by molar-refractivity contribution is 0.0746. The molecule has 0 bridgehead atoms. The number of nitriles is 1. The van der Waals surface area contributed by atoms with Crippen LogP contribution < -0.4 is 4.90 Å². The Kier molecular flexibility index (Phi) is 6.72. The summed E-state index contributed by atoms with van der Waals surface area (Å²) in [7, 11) is -3.61. The van der Waals surface area contributed by atoms with Gasteiger partial charge in [0.1, 0.15) is 11.9 Å². The SMILES string of the molecule is N#Cc1cccnc1N1CCN(C(=O)c2cccc(S(=O)(=O)N3CCCCCC3)c2)CC1. The number of hydrogen-bond acceptors (Lipinski definition) is 6. The first-order valence-electron chi connectivity index (χ1n) is 11.0. The van der Waals surface area contributed by atoms with E-state index in [1.54, 1.807) is 45.7 Å². The number of hydrogen-bond donors (Lipinski definition) is 0. The van der Waals surface area contributed by atoms with E-state index in [1.165, 1.54) is 6.07 Å². The fourth-order valence-electron chi connectivity index (χ4n) is 4.26. The van der Waals surface area contributed by atoms with E-state index in [0.29, 0.717) is 56.2 Å². The lowest BCUT2D eigenvalue weighted by Crippen LogP contribution is -2.49. The van der Waals surface area contributed by atoms with Crippen molar-refractivity contribution < 1.29 is 13.2 Å². The number of piperazine rings is 1. The zero-order valence-corrected chi connectivity index (χ0v) is 18.8. The maximum atomic E-state index is 13.1. The van der Waals surface area contributed by atoms with Crippen molar-refractivity contribution in [3.05, 3.63) is 53.7 Å². The summed E-state index contributed by atoms with van der Waals surface area (Å²) in [5.41, 5.74) is 0.892. The van der Waals surface area contributed by atoms with Crippen LogP contribution in [0.5, 0.6) is 0 Å². The Hall–Kier alpha value is -2.96. The van der Waals surface area contributed by atoms with Crippen molar-refractivity contribution in [1.29, 1.82) is 5.26 Å². The van der Waals surface area contributed by atoms with E-state index in [2.05, 4.69) is 11.1 Å². The van der Waals surface area contributed by atoms with Gasteiger partial charge in [0.2, 0.25) is 10.0 Å². The Morgan fingerprint density at radius 2 is 1.66 bits per heavy atom. The van der Waals surface area contributed by atoms with Crippen molar-refractivity contribution >= 4 is 21.7 Å². The minimum Gasteiger partial charge on any atom is -0.352 e. The summed E-state index contributed by atoms with van der Waals surface area (Å²) in [6, 6.07) is 12.0. The summed E-state index contributed by atoms with van der Waals surface area (Å²) in [6.07, 6.45) is 5.48. The van der Waals surface area contributed by atoms with Gasteiger partial charge in [0.05, 0.1) is 10.5 Å². The third kappa shape index (κ3) is 4.61. The van der Waals surface area contributed by atoms with Gasteiger partial charge in [-0.3, -0.25) is 4.79 Å². The quantitative estimate of drug-likeness (QED) is 0.706. The zero-order valence-electron chi connectivity index (χ0n) is 18.0. The highest BCUT2D eigenvalue weighted by Crippen LogP contribution is 2.23. The summed E-state index contributed by atoms with van der Waals surface area (Å²) >= 11 is 0. The van der Waals surface area contributed by atoms with Gasteiger partial charge in [-0.05, 0) is 43.2 Å². The van der Waals surface area contributed by atoms with Crippen LogP contribution in [-0.2, 0) is 10.0 Å². The Balaban J connectivity index is 1.46. The van der Waals surface area contributed by atoms with Gasteiger partial charge in [0.25, 0.3) is 5.91 Å². The maximum absolute atomic E-state index is 13.1. The van der Waals surface area contributed by atoms with Crippen LogP contribution in [0.3, 0.4) is 0 Å². The van der Waals surface area contributed by atoms with Crippen LogP contribution >= 0.6 is 0 Å². The highest BCUT2D eigenvalue weighted by molar-refractivity contribution is 7.89. The number of sulfonamides is 1. The average Bonchev–Trinajstić information content (AvgIpc) is 3.14. The van der Waals surface area contributed by atoms with Crippen LogP contribution in [0.4, 0.5) is 5.82 Å². The van der Waals surface area contributed by atoms with Crippen molar-refractivity contribution in [1.82, 2.24) is 14.2 Å². The molecule has 2 aliphatic heterocycles. The van der Waals surface area contributed by atoms with Crippen LogP contribution in [0.2, 0.25) is 0 Å². The molecule has 0 spiro atoms. The van der Waals surface area contributed by atoms with Gasteiger partial charge in [0.15, 0.2) is 0 Å². The molecular weight excluding hydrogens is 426 g/mol. The maximum Gasteiger partial charge on any atom is 0.254 e. The average molecular weight is 454 g/mol. The van der Waals surface area contributed by atoms with Gasteiger partial charge in [-0.1, -0.05) is 18.9 Å². The first-order chi connectivity index (χ1) is 15.5. The number of rotatable bonds is 4. The minimum absolute atomic E-state index is 0.177. The molecule has 1 amide bonds. The van der Waals surface area contributed by atoms with Crippen molar-refractivity contribution in [2.45, 2.75) is 30.6 Å². The molecule has 0 unspecified atom stereocenters. The predicted octanol–water partition coefficient (Wildman–Crippen LogP) is 2.48. The number of aromatic nitrogens is 1. The minimum atomic E-state index is -3.61. The molecule has 0 radical (unpaired) electrons. The van der Waals surface area contributed by atoms with Gasteiger partial charge >= 0.3 is 0 Å². The van der Waals surface area contributed by atoms with E-state index in [1.807, 2.05) is 4.90 Å². The largest absolute Gasteiger partial charge is 0.352 e. The first-order valence-corrected chi connectivity index (χ1v) is 12.4. The molecule has 3 heterocycles. The number of nitrogens with zero attached hydrogens (tertiary/aromatic N) is 5. The van der Waals surface area contributed by atoms with Crippen molar-refractivity contribution in [3.8, 4) is 6.07 Å². The number of carbonyl (C=O) groups excluding carboxylic acids is 1. The summed E-state index contributed by atoms with van der Waals surface area (Å²) in [4.78, 5) is 21.3. The lowest BCUT2D eigenvalue weighted by atomic mass is 10.1. The number of amides is 1. The van der Waals surface area contributed by atoms with E-state index in [9.17, 15) is 18.5 Å². The van der Waals surface area contributed by atoms with Crippen LogP contribution in [0.25, 0.3) is 0 Å². The van der Waals surface area contributed by atoms with Crippen molar-refractivity contribution in [2.75, 3.05) is 44.2 Å². The van der Waals surface area contributed by atoms with Gasteiger partial charge in [-0.25, -0.2) is 13.4 Å². The molecule has 0 saturated carbocycles. The normalized spacial score (nSPS) is 18.1. The molecule has 8 nitrogen and oxygen atoms in total. The van der Waals surface area contributed by atoms with Crippen molar-refractivity contribution in [2.24, 2.45) is 0 Å². The van der Waals surface area contributed by atoms with Crippen molar-refractivity contribution in [3.63, 3.8) is 0 Å². The summed E-state index contributed by atoms with van der Waals surface area (Å²) in [6.45, 7) is 3.13. The van der Waals surface area contributed by atoms with Crippen LogP contribution in [0, 0.1) is 11.3 Å². The van der Waals surface area contributed by atoms with Crippen LogP contribution in [0.15, 0.2) is 47.5 Å². The second kappa shape index (κ2) is 9.67. The Morgan fingerprint density at radius 1 is 0.938 bits per heavy atom. The van der Waals surface area contributed by atoms with Crippen LogP contribution in [0.1, 0.15) is 41.6 Å². The molecule has 0 aliphatic carbocycles. The fourth-order valence-corrected chi connectivity index (χ4v) is 5.82. The molecule has 2 aromatic rings. The van der Waals surface area contributed by atoms with Gasteiger partial charge < -0.3 is 9.80 Å². The standard InChI is InChI=1S/C23H27N5O3S/c24-18-20-8-6-10-25-22(20)26-13-15-27(16-14-26)23(29)19-7-5-9-21(17-19)32(30,31)28-11-3-1-2-4-12-28/h5-10,17H,1-4,11-16H2. The Labute approximate surface area is 189 Å². The predicted molar refractivity (Wildman–Crippen MR) is 121 cm³/mol. The van der Waals surface area contributed by atoms with Gasteiger partial charge in [-0.2, -0.15) is 9.57 Å². The highest BCUT2D eigenvalue weighted by atomic mass is 32.2. The third-order valence-corrected chi connectivity index (χ3v) is 7.95. The highest BCUT2D eigenvalue weighted by Gasteiger charge is 2.28. The second-order valence-corrected chi connectivity index (χ2v) is 10.0. The third-order valence-electron chi connectivity index (χ3n) is 6.06. The molecule has 4 rings (SSSR count). The number of carbonyl (C=O) groups is 1. The van der Waals surface area contributed by atoms with E-state index in [-0.39, 0.29) is 10.8 Å². The molecule has 168 valence electrons. The zero-order chi connectivity index (χ0) is 22.6. The first kappa shape index (κ1) is 22.2. The summed E-state index contributed by atoms with van der Waals surface area (Å²) in [5, 5.41) is 9.31. The van der Waals surface area contributed by atoms with Gasteiger partial charge in [0, 0.05) is 51.0 Å². The number of anilines is 1. The monoisotopic (exact) mass is 453 g/mol. The molecular formula is C23H27N5O3S. The molecule has 2 saturated heterocycles. The molecule has 0 N–H and O–H groups in total. The Bertz CT molecular complexity index is 1110. The summed E-state index contributed by atoms with van der Waals surface area (Å²) < 4.78 is 27.8. The molecule has 9 heteroatoms. The van der Waals surface area contributed by atoms with E-state index >= 15 is 0 Å². The fraction of sp³-hybridized carbons (Fsp3) is 0.435. The van der Waals surface area contributed by atoms with E-state index < -0.39 is 10.0 Å². The smallest absolute Gasteiger partial charge is 0.254 e.